The van der Waals surface area contributed by atoms with Crippen LogP contribution in [0.15, 0.2) is 35.4 Å². The predicted molar refractivity (Wildman–Crippen MR) is 90.7 cm³/mol. The monoisotopic (exact) mass is 315 g/mol. The Balaban J connectivity index is 1.69. The van der Waals surface area contributed by atoms with Crippen LogP contribution < -0.4 is 5.32 Å². The van der Waals surface area contributed by atoms with Gasteiger partial charge >= 0.3 is 0 Å². The molecule has 3 rings (SSSR count). The zero-order valence-electron chi connectivity index (χ0n) is 13.3. The zero-order valence-corrected chi connectivity index (χ0v) is 14.1. The number of nitrogens with one attached hydrogen (secondary N) is 2. The van der Waals surface area contributed by atoms with E-state index in [-0.39, 0.29) is 17.2 Å². The highest BCUT2D eigenvalue weighted by atomic mass is 32.1. The van der Waals surface area contributed by atoms with E-state index in [1.165, 1.54) is 16.9 Å². The van der Waals surface area contributed by atoms with Crippen LogP contribution in [0, 0.1) is 17.3 Å². The van der Waals surface area contributed by atoms with Crippen LogP contribution in [-0.2, 0) is 4.79 Å². The van der Waals surface area contributed by atoms with E-state index >= 15 is 0 Å². The van der Waals surface area contributed by atoms with Gasteiger partial charge in [-0.25, -0.2) is 4.98 Å². The first-order valence-electron chi connectivity index (χ1n) is 7.45. The molecule has 1 amide bonds. The molecule has 2 unspecified atom stereocenters. The topological polar surface area (TPSA) is 57.8 Å². The Morgan fingerprint density at radius 3 is 2.86 bits per heavy atom. The van der Waals surface area contributed by atoms with Gasteiger partial charge in [-0.3, -0.25) is 4.79 Å². The van der Waals surface area contributed by atoms with E-state index in [0.717, 1.165) is 11.4 Å². The van der Waals surface area contributed by atoms with Gasteiger partial charge in [0.15, 0.2) is 5.13 Å². The Kier molecular flexibility index (Phi) is 3.68. The van der Waals surface area contributed by atoms with Crippen LogP contribution in [0.3, 0.4) is 0 Å². The number of hydrogen-bond donors (Lipinski definition) is 2. The van der Waals surface area contributed by atoms with Crippen molar-refractivity contribution in [3.63, 3.8) is 0 Å². The van der Waals surface area contributed by atoms with E-state index in [0.29, 0.717) is 11.0 Å². The van der Waals surface area contributed by atoms with Crippen LogP contribution in [-0.4, -0.2) is 15.9 Å². The van der Waals surface area contributed by atoms with E-state index in [1.54, 1.807) is 0 Å². The van der Waals surface area contributed by atoms with Crippen LogP contribution in [0.4, 0.5) is 5.13 Å². The number of hydrogen-bond acceptors (Lipinski definition) is 3. The molecule has 1 saturated carbocycles. The van der Waals surface area contributed by atoms with Crippen molar-refractivity contribution in [2.45, 2.75) is 27.7 Å². The number of anilines is 1. The molecular formula is C17H21N3OS. The summed E-state index contributed by atoms with van der Waals surface area (Å²) in [5.41, 5.74) is 3.12. The number of allylic oxidation sites excluding steroid dienone is 2. The third kappa shape index (κ3) is 2.73. The number of H-pyrrole nitrogens is 1. The second-order valence-electron chi connectivity index (χ2n) is 6.68. The molecule has 22 heavy (non-hydrogen) atoms. The quantitative estimate of drug-likeness (QED) is 0.826. The Hall–Kier alpha value is -1.88. The Bertz CT molecular complexity index is 708. The predicted octanol–water partition coefficient (Wildman–Crippen LogP) is 4.32. The lowest BCUT2D eigenvalue weighted by molar-refractivity contribution is -0.118. The summed E-state index contributed by atoms with van der Waals surface area (Å²) in [6, 6.07) is 3.90. The molecule has 0 aromatic carbocycles. The van der Waals surface area contributed by atoms with E-state index in [2.05, 4.69) is 49.1 Å². The van der Waals surface area contributed by atoms with Gasteiger partial charge in [0.25, 0.3) is 0 Å². The summed E-state index contributed by atoms with van der Waals surface area (Å²) >= 11 is 1.46. The smallest absolute Gasteiger partial charge is 0.230 e. The van der Waals surface area contributed by atoms with E-state index in [4.69, 9.17) is 0 Å². The highest BCUT2D eigenvalue weighted by Gasteiger charge is 2.60. The fraction of sp³-hybridized carbons (Fsp3) is 0.412. The molecule has 0 aliphatic heterocycles. The normalized spacial score (nSPS) is 22.2. The Morgan fingerprint density at radius 1 is 1.45 bits per heavy atom. The van der Waals surface area contributed by atoms with E-state index in [9.17, 15) is 4.79 Å². The molecular weight excluding hydrogens is 294 g/mol. The number of rotatable bonds is 4. The lowest BCUT2D eigenvalue weighted by Gasteiger charge is -2.02. The fourth-order valence-electron chi connectivity index (χ4n) is 2.98. The standard InChI is InChI=1S/C17H21N3OS/c1-10(2)8-11-14(17(11,3)4)15(21)20-16-19-13(9-22-16)12-6-5-7-18-12/h5-9,11,14,18H,1-4H3,(H,19,20,21). The summed E-state index contributed by atoms with van der Waals surface area (Å²) in [5.74, 6) is 0.417. The molecule has 4 nitrogen and oxygen atoms in total. The second-order valence-corrected chi connectivity index (χ2v) is 7.54. The maximum absolute atomic E-state index is 12.5. The minimum absolute atomic E-state index is 0.0280. The molecule has 5 heteroatoms. The number of thiazole rings is 1. The summed E-state index contributed by atoms with van der Waals surface area (Å²) in [4.78, 5) is 20.1. The van der Waals surface area contributed by atoms with Crippen molar-refractivity contribution in [2.75, 3.05) is 5.32 Å². The van der Waals surface area contributed by atoms with Gasteiger partial charge in [0.05, 0.1) is 17.3 Å². The van der Waals surface area contributed by atoms with Crippen molar-refractivity contribution in [1.82, 2.24) is 9.97 Å². The third-order valence-corrected chi connectivity index (χ3v) is 5.07. The van der Waals surface area contributed by atoms with Crippen molar-refractivity contribution in [2.24, 2.45) is 17.3 Å². The molecule has 2 heterocycles. The van der Waals surface area contributed by atoms with Crippen LogP contribution in [0.1, 0.15) is 27.7 Å². The molecule has 1 aliphatic rings. The fourth-order valence-corrected chi connectivity index (χ4v) is 3.69. The maximum Gasteiger partial charge on any atom is 0.230 e. The first kappa shape index (κ1) is 15.0. The summed E-state index contributed by atoms with van der Waals surface area (Å²) in [5, 5.41) is 5.58. The average Bonchev–Trinajstić information content (AvgIpc) is 2.90. The minimum atomic E-state index is 0.0280. The van der Waals surface area contributed by atoms with Crippen molar-refractivity contribution in [3.8, 4) is 11.4 Å². The van der Waals surface area contributed by atoms with Crippen molar-refractivity contribution in [1.29, 1.82) is 0 Å². The number of carbonyl (C=O) groups excluding carboxylic acids is 1. The molecule has 0 bridgehead atoms. The van der Waals surface area contributed by atoms with Gasteiger partial charge in [-0.05, 0) is 37.3 Å². The van der Waals surface area contributed by atoms with Crippen LogP contribution >= 0.6 is 11.3 Å². The Labute approximate surface area is 134 Å². The van der Waals surface area contributed by atoms with Gasteiger partial charge in [0.1, 0.15) is 0 Å². The summed E-state index contributed by atoms with van der Waals surface area (Å²) in [6.07, 6.45) is 4.07. The first-order valence-corrected chi connectivity index (χ1v) is 8.32. The van der Waals surface area contributed by atoms with Gasteiger partial charge in [0, 0.05) is 11.6 Å². The summed E-state index contributed by atoms with van der Waals surface area (Å²) in [7, 11) is 0. The highest BCUT2D eigenvalue weighted by molar-refractivity contribution is 7.14. The lowest BCUT2D eigenvalue weighted by Crippen LogP contribution is -2.16. The lowest BCUT2D eigenvalue weighted by atomic mass is 10.1. The van der Waals surface area contributed by atoms with Gasteiger partial charge in [-0.2, -0.15) is 0 Å². The molecule has 2 atom stereocenters. The number of aromatic amines is 1. The molecule has 2 aromatic heterocycles. The Morgan fingerprint density at radius 2 is 2.23 bits per heavy atom. The average molecular weight is 315 g/mol. The molecule has 0 saturated heterocycles. The molecule has 2 N–H and O–H groups in total. The van der Waals surface area contributed by atoms with Crippen LogP contribution in [0.5, 0.6) is 0 Å². The SMILES string of the molecule is CC(C)=CC1C(C(=O)Nc2nc(-c3ccc[nH]3)cs2)C1(C)C. The molecule has 1 aliphatic carbocycles. The van der Waals surface area contributed by atoms with Crippen molar-refractivity contribution < 1.29 is 4.79 Å². The third-order valence-electron chi connectivity index (χ3n) is 4.31. The number of aromatic nitrogens is 2. The molecule has 116 valence electrons. The molecule has 0 spiro atoms. The van der Waals surface area contributed by atoms with Crippen molar-refractivity contribution in [3.05, 3.63) is 35.4 Å². The zero-order chi connectivity index (χ0) is 15.9. The van der Waals surface area contributed by atoms with Crippen molar-refractivity contribution >= 4 is 22.4 Å². The van der Waals surface area contributed by atoms with E-state index in [1.807, 2.05) is 23.7 Å². The molecule has 2 aromatic rings. The number of carbonyl (C=O) groups is 1. The summed E-state index contributed by atoms with van der Waals surface area (Å²) < 4.78 is 0. The van der Waals surface area contributed by atoms with Gasteiger partial charge in [-0.15, -0.1) is 11.3 Å². The van der Waals surface area contributed by atoms with E-state index < -0.39 is 0 Å². The van der Waals surface area contributed by atoms with Gasteiger partial charge < -0.3 is 10.3 Å². The largest absolute Gasteiger partial charge is 0.360 e. The summed E-state index contributed by atoms with van der Waals surface area (Å²) in [6.45, 7) is 8.45. The van der Waals surface area contributed by atoms with Gasteiger partial charge in [-0.1, -0.05) is 25.5 Å². The molecule has 0 radical (unpaired) electrons. The number of nitrogens with zero attached hydrogens (tertiary/aromatic N) is 1. The second kappa shape index (κ2) is 5.39. The van der Waals surface area contributed by atoms with Gasteiger partial charge in [0.2, 0.25) is 5.91 Å². The number of amides is 1. The maximum atomic E-state index is 12.5. The minimum Gasteiger partial charge on any atom is -0.360 e. The van der Waals surface area contributed by atoms with Crippen LogP contribution in [0.2, 0.25) is 0 Å². The molecule has 1 fully saturated rings. The first-order chi connectivity index (χ1) is 10.4. The van der Waals surface area contributed by atoms with Crippen LogP contribution in [0.25, 0.3) is 11.4 Å². The highest BCUT2D eigenvalue weighted by Crippen LogP contribution is 2.59.